The number of anilines is 1. The Labute approximate surface area is 141 Å². The zero-order valence-corrected chi connectivity index (χ0v) is 13.0. The molecule has 0 saturated heterocycles. The third-order valence-electron chi connectivity index (χ3n) is 4.59. The summed E-state index contributed by atoms with van der Waals surface area (Å²) in [6, 6.07) is 10.2. The van der Waals surface area contributed by atoms with Crippen LogP contribution in [0.2, 0.25) is 0 Å². The molecule has 1 aliphatic heterocycles. The van der Waals surface area contributed by atoms with Crippen LogP contribution >= 0.6 is 0 Å². The van der Waals surface area contributed by atoms with Crippen LogP contribution in [0.4, 0.5) is 18.9 Å². The second-order valence-electron chi connectivity index (χ2n) is 6.15. The van der Waals surface area contributed by atoms with E-state index in [2.05, 4.69) is 5.32 Å². The largest absolute Gasteiger partial charge is 0.454 e. The summed E-state index contributed by atoms with van der Waals surface area (Å²) in [5.41, 5.74) is -1.18. The minimum absolute atomic E-state index is 0.122. The number of nitrogens with one attached hydrogen (secondary N) is 1. The summed E-state index contributed by atoms with van der Waals surface area (Å²) in [6.45, 7) is 0.122. The molecule has 0 radical (unpaired) electrons. The fraction of sp³-hybridized carbons (Fsp3) is 0.278. The molecule has 4 nitrogen and oxygen atoms in total. The first-order valence-corrected chi connectivity index (χ1v) is 7.78. The second-order valence-corrected chi connectivity index (χ2v) is 6.15. The molecule has 1 amide bonds. The van der Waals surface area contributed by atoms with Crippen LogP contribution in [0.5, 0.6) is 11.5 Å². The maximum absolute atomic E-state index is 13.1. The number of benzene rings is 2. The van der Waals surface area contributed by atoms with Crippen molar-refractivity contribution in [3.8, 4) is 11.5 Å². The standard InChI is InChI=1S/C18H14F3NO3/c19-18(20,21)12-3-1-2-4-13(12)22-16(23)17(7-8-17)11-5-6-14-15(9-11)25-10-24-14/h1-6,9H,7-8,10H2,(H,22,23). The van der Waals surface area contributed by atoms with Gasteiger partial charge < -0.3 is 14.8 Å². The van der Waals surface area contributed by atoms with Crippen LogP contribution in [-0.2, 0) is 16.4 Å². The van der Waals surface area contributed by atoms with E-state index in [0.29, 0.717) is 24.3 Å². The molecule has 0 bridgehead atoms. The molecule has 2 aromatic carbocycles. The molecule has 1 heterocycles. The van der Waals surface area contributed by atoms with Crippen molar-refractivity contribution < 1.29 is 27.4 Å². The highest BCUT2D eigenvalue weighted by Crippen LogP contribution is 2.51. The molecule has 0 aromatic heterocycles. The highest BCUT2D eigenvalue weighted by Gasteiger charge is 2.52. The van der Waals surface area contributed by atoms with Crippen LogP contribution in [-0.4, -0.2) is 12.7 Å². The number of amides is 1. The van der Waals surface area contributed by atoms with Crippen molar-refractivity contribution in [2.75, 3.05) is 12.1 Å². The third-order valence-corrected chi connectivity index (χ3v) is 4.59. The Hall–Kier alpha value is -2.70. The first kappa shape index (κ1) is 15.8. The lowest BCUT2D eigenvalue weighted by atomic mass is 9.94. The molecular weight excluding hydrogens is 335 g/mol. The van der Waals surface area contributed by atoms with Crippen molar-refractivity contribution >= 4 is 11.6 Å². The van der Waals surface area contributed by atoms with Crippen molar-refractivity contribution in [2.45, 2.75) is 24.4 Å². The van der Waals surface area contributed by atoms with Crippen LogP contribution < -0.4 is 14.8 Å². The van der Waals surface area contributed by atoms with Crippen molar-refractivity contribution in [1.82, 2.24) is 0 Å². The molecule has 4 rings (SSSR count). The first-order valence-electron chi connectivity index (χ1n) is 7.78. The lowest BCUT2D eigenvalue weighted by molar-refractivity contribution is -0.137. The molecule has 0 atom stereocenters. The van der Waals surface area contributed by atoms with Gasteiger partial charge >= 0.3 is 6.18 Å². The van der Waals surface area contributed by atoms with Crippen molar-refractivity contribution in [2.24, 2.45) is 0 Å². The van der Waals surface area contributed by atoms with Gasteiger partial charge in [-0.25, -0.2) is 0 Å². The summed E-state index contributed by atoms with van der Waals surface area (Å²) in [5.74, 6) is 0.706. The van der Waals surface area contributed by atoms with E-state index in [4.69, 9.17) is 9.47 Å². The summed E-state index contributed by atoms with van der Waals surface area (Å²) in [4.78, 5) is 12.7. The van der Waals surface area contributed by atoms with E-state index in [0.717, 1.165) is 11.6 Å². The molecule has 0 unspecified atom stereocenters. The zero-order chi connectivity index (χ0) is 17.7. The normalized spacial score (nSPS) is 17.2. The molecular formula is C18H14F3NO3. The van der Waals surface area contributed by atoms with Gasteiger partial charge in [0, 0.05) is 0 Å². The SMILES string of the molecule is O=C(Nc1ccccc1C(F)(F)F)C1(c2ccc3c(c2)OCO3)CC1. The lowest BCUT2D eigenvalue weighted by Crippen LogP contribution is -2.28. The molecule has 1 N–H and O–H groups in total. The average molecular weight is 349 g/mol. The number of para-hydroxylation sites is 1. The van der Waals surface area contributed by atoms with Crippen molar-refractivity contribution in [1.29, 1.82) is 0 Å². The van der Waals surface area contributed by atoms with Gasteiger partial charge in [-0.15, -0.1) is 0 Å². The van der Waals surface area contributed by atoms with Gasteiger partial charge in [0.25, 0.3) is 0 Å². The minimum atomic E-state index is -4.53. The van der Waals surface area contributed by atoms with E-state index in [9.17, 15) is 18.0 Å². The Balaban J connectivity index is 1.62. The van der Waals surface area contributed by atoms with Crippen molar-refractivity contribution in [3.05, 3.63) is 53.6 Å². The topological polar surface area (TPSA) is 47.6 Å². The average Bonchev–Trinajstić information content (AvgIpc) is 3.26. The van der Waals surface area contributed by atoms with E-state index >= 15 is 0 Å². The molecule has 1 saturated carbocycles. The van der Waals surface area contributed by atoms with Gasteiger partial charge in [0.2, 0.25) is 12.7 Å². The fourth-order valence-corrected chi connectivity index (χ4v) is 3.05. The molecule has 1 fully saturated rings. The van der Waals surface area contributed by atoms with Crippen LogP contribution in [0.25, 0.3) is 0 Å². The summed E-state index contributed by atoms with van der Waals surface area (Å²) >= 11 is 0. The molecule has 1 aliphatic carbocycles. The number of carbonyl (C=O) groups excluding carboxylic acids is 1. The Kier molecular flexibility index (Phi) is 3.42. The van der Waals surface area contributed by atoms with Gasteiger partial charge in [-0.3, -0.25) is 4.79 Å². The van der Waals surface area contributed by atoms with Gasteiger partial charge in [-0.1, -0.05) is 18.2 Å². The number of carbonyl (C=O) groups is 1. The van der Waals surface area contributed by atoms with Crippen LogP contribution in [0.3, 0.4) is 0 Å². The van der Waals surface area contributed by atoms with E-state index in [1.807, 2.05) is 0 Å². The quantitative estimate of drug-likeness (QED) is 0.907. The van der Waals surface area contributed by atoms with Crippen molar-refractivity contribution in [3.63, 3.8) is 0 Å². The number of rotatable bonds is 3. The van der Waals surface area contributed by atoms with Gasteiger partial charge in [0.1, 0.15) is 0 Å². The summed E-state index contributed by atoms with van der Waals surface area (Å²) in [5, 5.41) is 2.46. The molecule has 25 heavy (non-hydrogen) atoms. The highest BCUT2D eigenvalue weighted by molar-refractivity contribution is 6.02. The maximum atomic E-state index is 13.1. The number of alkyl halides is 3. The lowest BCUT2D eigenvalue weighted by Gasteiger charge is -2.19. The molecule has 7 heteroatoms. The maximum Gasteiger partial charge on any atom is 0.418 e. The minimum Gasteiger partial charge on any atom is -0.454 e. The molecule has 2 aliphatic rings. The predicted molar refractivity (Wildman–Crippen MR) is 83.6 cm³/mol. The van der Waals surface area contributed by atoms with Crippen LogP contribution in [0.1, 0.15) is 24.0 Å². The Bertz CT molecular complexity index is 844. The monoisotopic (exact) mass is 349 g/mol. The van der Waals surface area contributed by atoms with E-state index in [1.165, 1.54) is 18.2 Å². The highest BCUT2D eigenvalue weighted by atomic mass is 19.4. The number of hydrogen-bond donors (Lipinski definition) is 1. The van der Waals surface area contributed by atoms with Gasteiger partial charge in [-0.05, 0) is 42.7 Å². The summed E-state index contributed by atoms with van der Waals surface area (Å²) in [7, 11) is 0. The Morgan fingerprint density at radius 1 is 1.04 bits per heavy atom. The van der Waals surface area contributed by atoms with E-state index in [1.54, 1.807) is 18.2 Å². The number of hydrogen-bond acceptors (Lipinski definition) is 3. The van der Waals surface area contributed by atoms with Gasteiger partial charge in [-0.2, -0.15) is 13.2 Å². The van der Waals surface area contributed by atoms with Crippen LogP contribution in [0.15, 0.2) is 42.5 Å². The van der Waals surface area contributed by atoms with E-state index in [-0.39, 0.29) is 12.5 Å². The number of halogens is 3. The zero-order valence-electron chi connectivity index (χ0n) is 13.0. The van der Waals surface area contributed by atoms with Crippen LogP contribution in [0, 0.1) is 0 Å². The van der Waals surface area contributed by atoms with E-state index < -0.39 is 23.1 Å². The molecule has 0 spiro atoms. The predicted octanol–water partition coefficient (Wildman–Crippen LogP) is 4.10. The fourth-order valence-electron chi connectivity index (χ4n) is 3.05. The second kappa shape index (κ2) is 5.40. The molecule has 130 valence electrons. The summed E-state index contributed by atoms with van der Waals surface area (Å²) < 4.78 is 49.9. The third kappa shape index (κ3) is 2.69. The number of fused-ring (bicyclic) bond motifs is 1. The first-order chi connectivity index (χ1) is 11.9. The Morgan fingerprint density at radius 3 is 2.48 bits per heavy atom. The molecule has 2 aromatic rings. The number of ether oxygens (including phenoxy) is 2. The summed E-state index contributed by atoms with van der Waals surface area (Å²) in [6.07, 6.45) is -3.38. The Morgan fingerprint density at radius 2 is 1.76 bits per heavy atom. The smallest absolute Gasteiger partial charge is 0.418 e. The van der Waals surface area contributed by atoms with Gasteiger partial charge in [0.05, 0.1) is 16.7 Å². The van der Waals surface area contributed by atoms with Gasteiger partial charge in [0.15, 0.2) is 11.5 Å².